The molecule has 134 valence electrons. The van der Waals surface area contributed by atoms with Crippen molar-refractivity contribution in [3.05, 3.63) is 89.2 Å². The molecular formula is C21H14ClFN2O2. The van der Waals surface area contributed by atoms with Crippen LogP contribution >= 0.6 is 11.6 Å². The minimum absolute atomic E-state index is 0.309. The first-order valence-electron chi connectivity index (χ1n) is 8.25. The van der Waals surface area contributed by atoms with Crippen LogP contribution < -0.4 is 4.74 Å². The van der Waals surface area contributed by atoms with E-state index in [9.17, 15) is 4.39 Å². The van der Waals surface area contributed by atoms with Crippen LogP contribution in [0.2, 0.25) is 5.02 Å². The lowest BCUT2D eigenvalue weighted by atomic mass is 10.1. The molecule has 4 nitrogen and oxygen atoms in total. The number of nitrogens with zero attached hydrogens (tertiary/aromatic N) is 2. The van der Waals surface area contributed by atoms with Gasteiger partial charge in [-0.15, -0.1) is 0 Å². The van der Waals surface area contributed by atoms with E-state index in [-0.39, 0.29) is 5.82 Å². The molecule has 0 saturated heterocycles. The Morgan fingerprint density at radius 3 is 2.48 bits per heavy atom. The van der Waals surface area contributed by atoms with E-state index in [1.165, 1.54) is 12.1 Å². The summed E-state index contributed by atoms with van der Waals surface area (Å²) in [6.45, 7) is 0.397. The molecule has 0 amide bonds. The highest BCUT2D eigenvalue weighted by atomic mass is 35.5. The molecule has 0 fully saturated rings. The van der Waals surface area contributed by atoms with Gasteiger partial charge in [0.05, 0.1) is 0 Å². The zero-order valence-electron chi connectivity index (χ0n) is 14.1. The summed E-state index contributed by atoms with van der Waals surface area (Å²) in [5.74, 6) is 1.23. The molecule has 0 spiro atoms. The Morgan fingerprint density at radius 1 is 0.926 bits per heavy atom. The molecule has 0 radical (unpaired) electrons. The van der Waals surface area contributed by atoms with Crippen molar-refractivity contribution < 1.29 is 13.7 Å². The van der Waals surface area contributed by atoms with Crippen LogP contribution in [0.4, 0.5) is 4.39 Å². The molecule has 0 aliphatic carbocycles. The molecule has 4 rings (SSSR count). The first-order chi connectivity index (χ1) is 13.2. The van der Waals surface area contributed by atoms with Crippen LogP contribution in [0.3, 0.4) is 0 Å². The third kappa shape index (κ3) is 4.15. The van der Waals surface area contributed by atoms with Gasteiger partial charge in [-0.1, -0.05) is 28.9 Å². The van der Waals surface area contributed by atoms with Gasteiger partial charge in [0.1, 0.15) is 18.2 Å². The van der Waals surface area contributed by atoms with Gasteiger partial charge in [-0.3, -0.25) is 0 Å². The Labute approximate surface area is 160 Å². The third-order valence-corrected chi connectivity index (χ3v) is 4.17. The van der Waals surface area contributed by atoms with Gasteiger partial charge in [0.2, 0.25) is 5.82 Å². The second-order valence-electron chi connectivity index (χ2n) is 5.87. The second-order valence-corrected chi connectivity index (χ2v) is 6.31. The fraction of sp³-hybridized carbons (Fsp3) is 0.0476. The Hall–Kier alpha value is -3.18. The summed E-state index contributed by atoms with van der Waals surface area (Å²) >= 11 is 5.87. The van der Waals surface area contributed by atoms with Gasteiger partial charge in [-0.25, -0.2) is 4.39 Å². The zero-order chi connectivity index (χ0) is 18.6. The van der Waals surface area contributed by atoms with E-state index < -0.39 is 0 Å². The predicted molar refractivity (Wildman–Crippen MR) is 101 cm³/mol. The minimum atomic E-state index is -0.309. The van der Waals surface area contributed by atoms with Crippen LogP contribution in [-0.4, -0.2) is 10.1 Å². The SMILES string of the molecule is Fc1ccc(-c2noc(-c3cccc(COc4ccc(Cl)cc4)c3)n2)cc1. The molecule has 0 saturated carbocycles. The summed E-state index contributed by atoms with van der Waals surface area (Å²) in [5.41, 5.74) is 2.44. The van der Waals surface area contributed by atoms with Crippen molar-refractivity contribution in [2.45, 2.75) is 6.61 Å². The smallest absolute Gasteiger partial charge is 0.258 e. The molecule has 0 aliphatic rings. The van der Waals surface area contributed by atoms with E-state index in [0.717, 1.165) is 16.9 Å². The lowest BCUT2D eigenvalue weighted by molar-refractivity contribution is 0.306. The normalized spacial score (nSPS) is 10.7. The van der Waals surface area contributed by atoms with E-state index in [1.54, 1.807) is 24.3 Å². The van der Waals surface area contributed by atoms with E-state index in [0.29, 0.717) is 28.9 Å². The van der Waals surface area contributed by atoms with Crippen molar-refractivity contribution in [3.63, 3.8) is 0 Å². The maximum absolute atomic E-state index is 13.0. The highest BCUT2D eigenvalue weighted by Gasteiger charge is 2.11. The maximum atomic E-state index is 13.0. The van der Waals surface area contributed by atoms with Crippen molar-refractivity contribution in [2.24, 2.45) is 0 Å². The lowest BCUT2D eigenvalue weighted by Crippen LogP contribution is -1.95. The number of rotatable bonds is 5. The fourth-order valence-electron chi connectivity index (χ4n) is 2.55. The summed E-state index contributed by atoms with van der Waals surface area (Å²) in [6.07, 6.45) is 0. The molecule has 27 heavy (non-hydrogen) atoms. The van der Waals surface area contributed by atoms with E-state index in [1.807, 2.05) is 36.4 Å². The minimum Gasteiger partial charge on any atom is -0.489 e. The summed E-state index contributed by atoms with van der Waals surface area (Å²) in [6, 6.07) is 20.8. The van der Waals surface area contributed by atoms with Crippen LogP contribution in [0, 0.1) is 5.82 Å². The number of ether oxygens (including phenoxy) is 1. The van der Waals surface area contributed by atoms with Crippen molar-refractivity contribution in [1.29, 1.82) is 0 Å². The number of aromatic nitrogens is 2. The van der Waals surface area contributed by atoms with Crippen molar-refractivity contribution >= 4 is 11.6 Å². The monoisotopic (exact) mass is 380 g/mol. The first-order valence-corrected chi connectivity index (χ1v) is 8.62. The van der Waals surface area contributed by atoms with Gasteiger partial charge in [0.25, 0.3) is 5.89 Å². The average molecular weight is 381 g/mol. The first kappa shape index (κ1) is 17.2. The van der Waals surface area contributed by atoms with Crippen molar-refractivity contribution in [1.82, 2.24) is 10.1 Å². The zero-order valence-corrected chi connectivity index (χ0v) is 14.9. The summed E-state index contributed by atoms with van der Waals surface area (Å²) in [4.78, 5) is 4.39. The average Bonchev–Trinajstić information content (AvgIpc) is 3.19. The standard InChI is InChI=1S/C21H14ClFN2O2/c22-17-6-10-19(11-7-17)26-13-14-2-1-3-16(12-14)21-24-20(25-27-21)15-4-8-18(23)9-5-15/h1-12H,13H2. The Bertz CT molecular complexity index is 1050. The fourth-order valence-corrected chi connectivity index (χ4v) is 2.67. The van der Waals surface area contributed by atoms with Crippen molar-refractivity contribution in [3.8, 4) is 28.6 Å². The van der Waals surface area contributed by atoms with Crippen molar-refractivity contribution in [2.75, 3.05) is 0 Å². The predicted octanol–water partition coefficient (Wildman–Crippen LogP) is 5.78. The molecule has 0 unspecified atom stereocenters. The topological polar surface area (TPSA) is 48.2 Å². The number of halogens is 2. The van der Waals surface area contributed by atoms with E-state index in [4.69, 9.17) is 20.9 Å². The third-order valence-electron chi connectivity index (χ3n) is 3.92. The largest absolute Gasteiger partial charge is 0.489 e. The maximum Gasteiger partial charge on any atom is 0.258 e. The van der Waals surface area contributed by atoms with E-state index in [2.05, 4.69) is 10.1 Å². The molecule has 1 heterocycles. The summed E-state index contributed by atoms with van der Waals surface area (Å²) in [5, 5.41) is 4.64. The quantitative estimate of drug-likeness (QED) is 0.440. The lowest BCUT2D eigenvalue weighted by Gasteiger charge is -2.07. The van der Waals surface area contributed by atoms with Crippen LogP contribution in [0.25, 0.3) is 22.8 Å². The molecule has 0 aliphatic heterocycles. The van der Waals surface area contributed by atoms with Gasteiger partial charge in [0, 0.05) is 16.1 Å². The van der Waals surface area contributed by atoms with Gasteiger partial charge in [-0.05, 0) is 66.2 Å². The van der Waals surface area contributed by atoms with Crippen LogP contribution in [0.5, 0.6) is 5.75 Å². The van der Waals surface area contributed by atoms with Gasteiger partial charge in [-0.2, -0.15) is 4.98 Å². The molecule has 0 N–H and O–H groups in total. The molecule has 6 heteroatoms. The van der Waals surface area contributed by atoms with Gasteiger partial charge >= 0.3 is 0 Å². The molecule has 1 aromatic heterocycles. The molecule has 3 aromatic carbocycles. The number of benzene rings is 3. The Balaban J connectivity index is 1.50. The van der Waals surface area contributed by atoms with Crippen LogP contribution in [0.15, 0.2) is 77.3 Å². The van der Waals surface area contributed by atoms with E-state index >= 15 is 0 Å². The highest BCUT2D eigenvalue weighted by molar-refractivity contribution is 6.30. The van der Waals surface area contributed by atoms with Gasteiger partial charge < -0.3 is 9.26 Å². The highest BCUT2D eigenvalue weighted by Crippen LogP contribution is 2.24. The van der Waals surface area contributed by atoms with Crippen LogP contribution in [-0.2, 0) is 6.61 Å². The van der Waals surface area contributed by atoms with Gasteiger partial charge in [0.15, 0.2) is 0 Å². The summed E-state index contributed by atoms with van der Waals surface area (Å²) in [7, 11) is 0. The Morgan fingerprint density at radius 2 is 1.70 bits per heavy atom. The molecular weight excluding hydrogens is 367 g/mol. The number of hydrogen-bond acceptors (Lipinski definition) is 4. The Kier molecular flexibility index (Phi) is 4.85. The second kappa shape index (κ2) is 7.60. The molecule has 0 atom stereocenters. The molecule has 4 aromatic rings. The summed E-state index contributed by atoms with van der Waals surface area (Å²) < 4.78 is 24.2. The molecule has 0 bridgehead atoms. The number of hydrogen-bond donors (Lipinski definition) is 0. The van der Waals surface area contributed by atoms with Crippen LogP contribution in [0.1, 0.15) is 5.56 Å².